The van der Waals surface area contributed by atoms with E-state index in [1.54, 1.807) is 12.1 Å². The lowest BCUT2D eigenvalue weighted by molar-refractivity contribution is 0.0980. The third-order valence-electron chi connectivity index (χ3n) is 4.79. The second kappa shape index (κ2) is 9.58. The maximum atomic E-state index is 12.1. The Kier molecular flexibility index (Phi) is 7.16. The molecule has 0 spiro atoms. The van der Waals surface area contributed by atoms with E-state index in [1.165, 1.54) is 24.3 Å². The highest BCUT2D eigenvalue weighted by Gasteiger charge is 2.21. The van der Waals surface area contributed by atoms with Crippen LogP contribution in [0.1, 0.15) is 42.8 Å². The fraction of sp³-hybridized carbons (Fsp3) is 0.476. The standard InChI is InChI=1S/C21H27ClN2O2S/c1-15(2)7-10-24-11-8-17(9-12-24)26-19-6-5-16(14-18(19)22)23-21(25)20-4-3-13-27-20/h3-6,13-15,17H,7-12H2,1-2H3,(H,23,25). The molecule has 1 saturated heterocycles. The molecule has 0 atom stereocenters. The summed E-state index contributed by atoms with van der Waals surface area (Å²) in [5, 5.41) is 5.28. The van der Waals surface area contributed by atoms with Gasteiger partial charge in [0.15, 0.2) is 0 Å². The molecule has 27 heavy (non-hydrogen) atoms. The molecule has 0 bridgehead atoms. The summed E-state index contributed by atoms with van der Waals surface area (Å²) in [4.78, 5) is 15.3. The van der Waals surface area contributed by atoms with E-state index in [0.29, 0.717) is 21.3 Å². The minimum atomic E-state index is -0.122. The van der Waals surface area contributed by atoms with Crippen LogP contribution in [-0.4, -0.2) is 36.5 Å². The molecule has 6 heteroatoms. The Labute approximate surface area is 170 Å². The first-order valence-corrected chi connectivity index (χ1v) is 10.8. The summed E-state index contributed by atoms with van der Waals surface area (Å²) in [5.74, 6) is 1.31. The van der Waals surface area contributed by atoms with Gasteiger partial charge in [-0.1, -0.05) is 31.5 Å². The van der Waals surface area contributed by atoms with Crippen molar-refractivity contribution in [3.8, 4) is 5.75 Å². The van der Waals surface area contributed by atoms with Gasteiger partial charge in [0.1, 0.15) is 11.9 Å². The van der Waals surface area contributed by atoms with Crippen LogP contribution < -0.4 is 10.1 Å². The van der Waals surface area contributed by atoms with E-state index < -0.39 is 0 Å². The molecule has 2 heterocycles. The number of hydrogen-bond donors (Lipinski definition) is 1. The second-order valence-electron chi connectivity index (χ2n) is 7.42. The number of ether oxygens (including phenoxy) is 1. The Morgan fingerprint density at radius 3 is 2.74 bits per heavy atom. The summed E-state index contributed by atoms with van der Waals surface area (Å²) < 4.78 is 6.12. The predicted molar refractivity (Wildman–Crippen MR) is 113 cm³/mol. The molecule has 1 fully saturated rings. The van der Waals surface area contributed by atoms with Gasteiger partial charge in [0.05, 0.1) is 9.90 Å². The van der Waals surface area contributed by atoms with E-state index in [-0.39, 0.29) is 12.0 Å². The largest absolute Gasteiger partial charge is 0.489 e. The van der Waals surface area contributed by atoms with Crippen molar-refractivity contribution in [2.24, 2.45) is 5.92 Å². The van der Waals surface area contributed by atoms with Crippen LogP contribution in [0.4, 0.5) is 5.69 Å². The van der Waals surface area contributed by atoms with Crippen LogP contribution in [0.3, 0.4) is 0 Å². The van der Waals surface area contributed by atoms with E-state index in [4.69, 9.17) is 16.3 Å². The van der Waals surface area contributed by atoms with Crippen molar-refractivity contribution >= 4 is 34.5 Å². The molecule has 0 unspecified atom stereocenters. The molecule has 4 nitrogen and oxygen atoms in total. The highest BCUT2D eigenvalue weighted by Crippen LogP contribution is 2.30. The number of amides is 1. The molecule has 1 aliphatic rings. The summed E-state index contributed by atoms with van der Waals surface area (Å²) in [6.07, 6.45) is 3.48. The Bertz CT molecular complexity index is 741. The summed E-state index contributed by atoms with van der Waals surface area (Å²) in [6, 6.07) is 9.09. The van der Waals surface area contributed by atoms with Gasteiger partial charge in [-0.05, 0) is 61.4 Å². The topological polar surface area (TPSA) is 41.6 Å². The van der Waals surface area contributed by atoms with Crippen LogP contribution >= 0.6 is 22.9 Å². The molecule has 1 aromatic heterocycles. The smallest absolute Gasteiger partial charge is 0.265 e. The first kappa shape index (κ1) is 20.2. The normalized spacial score (nSPS) is 15.9. The van der Waals surface area contributed by atoms with Gasteiger partial charge >= 0.3 is 0 Å². The number of thiophene rings is 1. The van der Waals surface area contributed by atoms with Gasteiger partial charge in [-0.3, -0.25) is 4.79 Å². The van der Waals surface area contributed by atoms with E-state index in [0.717, 1.165) is 31.8 Å². The lowest BCUT2D eigenvalue weighted by Crippen LogP contribution is -2.39. The third-order valence-corrected chi connectivity index (χ3v) is 5.95. The van der Waals surface area contributed by atoms with Crippen molar-refractivity contribution in [3.05, 3.63) is 45.6 Å². The fourth-order valence-electron chi connectivity index (χ4n) is 3.15. The van der Waals surface area contributed by atoms with E-state index in [2.05, 4.69) is 24.1 Å². The number of nitrogens with one attached hydrogen (secondary N) is 1. The number of nitrogens with zero attached hydrogens (tertiary/aromatic N) is 1. The van der Waals surface area contributed by atoms with Crippen molar-refractivity contribution in [2.75, 3.05) is 25.0 Å². The molecule has 2 aromatic rings. The van der Waals surface area contributed by atoms with Crippen LogP contribution in [-0.2, 0) is 0 Å². The number of rotatable bonds is 7. The average molecular weight is 407 g/mol. The van der Waals surface area contributed by atoms with Crippen molar-refractivity contribution in [2.45, 2.75) is 39.2 Å². The fourth-order valence-corrected chi connectivity index (χ4v) is 3.99. The summed E-state index contributed by atoms with van der Waals surface area (Å²) >= 11 is 7.80. The monoisotopic (exact) mass is 406 g/mol. The molecule has 1 aliphatic heterocycles. The van der Waals surface area contributed by atoms with Gasteiger partial charge in [-0.15, -0.1) is 11.3 Å². The Hall–Kier alpha value is -1.56. The number of hydrogen-bond acceptors (Lipinski definition) is 4. The highest BCUT2D eigenvalue weighted by atomic mass is 35.5. The van der Waals surface area contributed by atoms with Gasteiger partial charge in [0, 0.05) is 18.8 Å². The molecule has 0 saturated carbocycles. The summed E-state index contributed by atoms with van der Waals surface area (Å²) in [5.41, 5.74) is 0.675. The molecule has 1 amide bonds. The highest BCUT2D eigenvalue weighted by molar-refractivity contribution is 7.12. The van der Waals surface area contributed by atoms with Crippen LogP contribution in [0, 0.1) is 5.92 Å². The minimum Gasteiger partial charge on any atom is -0.489 e. The maximum Gasteiger partial charge on any atom is 0.265 e. The van der Waals surface area contributed by atoms with Crippen LogP contribution in [0.5, 0.6) is 5.75 Å². The SMILES string of the molecule is CC(C)CCN1CCC(Oc2ccc(NC(=O)c3cccs3)cc2Cl)CC1. The first-order valence-electron chi connectivity index (χ1n) is 9.54. The quantitative estimate of drug-likeness (QED) is 0.656. The van der Waals surface area contributed by atoms with Gasteiger partial charge < -0.3 is 15.0 Å². The van der Waals surface area contributed by atoms with Gasteiger partial charge in [-0.2, -0.15) is 0 Å². The minimum absolute atomic E-state index is 0.122. The van der Waals surface area contributed by atoms with Crippen LogP contribution in [0.15, 0.2) is 35.7 Å². The van der Waals surface area contributed by atoms with E-state index in [1.807, 2.05) is 23.6 Å². The van der Waals surface area contributed by atoms with Crippen molar-refractivity contribution in [1.82, 2.24) is 4.90 Å². The average Bonchev–Trinajstić information content (AvgIpc) is 3.18. The van der Waals surface area contributed by atoms with Crippen molar-refractivity contribution in [1.29, 1.82) is 0 Å². The van der Waals surface area contributed by atoms with Crippen LogP contribution in [0.2, 0.25) is 5.02 Å². The number of piperidine rings is 1. The molecular formula is C21H27ClN2O2S. The zero-order valence-electron chi connectivity index (χ0n) is 15.9. The second-order valence-corrected chi connectivity index (χ2v) is 8.77. The number of benzene rings is 1. The lowest BCUT2D eigenvalue weighted by Gasteiger charge is -2.32. The zero-order valence-corrected chi connectivity index (χ0v) is 17.5. The van der Waals surface area contributed by atoms with E-state index >= 15 is 0 Å². The number of likely N-dealkylation sites (tertiary alicyclic amines) is 1. The summed E-state index contributed by atoms with van der Waals surface area (Å²) in [7, 11) is 0. The first-order chi connectivity index (χ1) is 13.0. The number of carbonyl (C=O) groups is 1. The van der Waals surface area contributed by atoms with Crippen molar-refractivity contribution in [3.63, 3.8) is 0 Å². The Morgan fingerprint density at radius 2 is 2.11 bits per heavy atom. The number of halogens is 1. The number of anilines is 1. The van der Waals surface area contributed by atoms with Crippen molar-refractivity contribution < 1.29 is 9.53 Å². The number of carbonyl (C=O) groups excluding carboxylic acids is 1. The van der Waals surface area contributed by atoms with Gasteiger partial charge in [0.25, 0.3) is 5.91 Å². The molecule has 1 aromatic carbocycles. The van der Waals surface area contributed by atoms with Crippen LogP contribution in [0.25, 0.3) is 0 Å². The molecule has 1 N–H and O–H groups in total. The molecular weight excluding hydrogens is 380 g/mol. The lowest BCUT2D eigenvalue weighted by atomic mass is 10.1. The molecule has 0 radical (unpaired) electrons. The van der Waals surface area contributed by atoms with E-state index in [9.17, 15) is 4.79 Å². The molecule has 0 aliphatic carbocycles. The Balaban J connectivity index is 1.50. The summed E-state index contributed by atoms with van der Waals surface area (Å²) in [6.45, 7) is 7.85. The van der Waals surface area contributed by atoms with Gasteiger partial charge in [0.2, 0.25) is 0 Å². The Morgan fingerprint density at radius 1 is 1.33 bits per heavy atom. The zero-order chi connectivity index (χ0) is 19.2. The van der Waals surface area contributed by atoms with Gasteiger partial charge in [-0.25, -0.2) is 0 Å². The maximum absolute atomic E-state index is 12.1. The third kappa shape index (κ3) is 5.96. The molecule has 146 valence electrons. The predicted octanol–water partition coefficient (Wildman–Crippen LogP) is 5.54. The molecule has 3 rings (SSSR count).